The highest BCUT2D eigenvalue weighted by molar-refractivity contribution is 5.81. The molecule has 1 aromatic heterocycles. The van der Waals surface area contributed by atoms with Crippen molar-refractivity contribution in [1.82, 2.24) is 4.98 Å². The van der Waals surface area contributed by atoms with Crippen LogP contribution in [-0.4, -0.2) is 24.9 Å². The van der Waals surface area contributed by atoms with Crippen LogP contribution < -0.4 is 14.9 Å². The molecular weight excluding hydrogens is 254 g/mol. The van der Waals surface area contributed by atoms with Gasteiger partial charge in [0, 0.05) is 6.20 Å². The molecule has 0 aliphatic carbocycles. The molecule has 2 aromatic rings. The number of aromatic nitrogens is 1. The Bertz CT molecular complexity index is 571. The third-order valence-electron chi connectivity index (χ3n) is 2.55. The van der Waals surface area contributed by atoms with E-state index in [1.165, 1.54) is 0 Å². The highest BCUT2D eigenvalue weighted by atomic mass is 16.5. The second-order valence-electron chi connectivity index (χ2n) is 3.93. The van der Waals surface area contributed by atoms with Gasteiger partial charge in [-0.05, 0) is 42.8 Å². The molecule has 1 N–H and O–H groups in total. The Balaban J connectivity index is 2.07. The van der Waals surface area contributed by atoms with E-state index in [-0.39, 0.29) is 0 Å². The van der Waals surface area contributed by atoms with E-state index >= 15 is 0 Å². The quantitative estimate of drug-likeness (QED) is 0.648. The van der Waals surface area contributed by atoms with E-state index in [4.69, 9.17) is 9.47 Å². The Morgan fingerprint density at radius 1 is 1.25 bits per heavy atom. The van der Waals surface area contributed by atoms with Gasteiger partial charge in [0.15, 0.2) is 11.5 Å². The Morgan fingerprint density at radius 2 is 2.15 bits per heavy atom. The van der Waals surface area contributed by atoms with Crippen molar-refractivity contribution in [2.45, 2.75) is 6.92 Å². The standard InChI is InChI=1S/C15H17N3O2/c1-3-20-14-10-12(7-8-13(14)19-2)11-17-18-15-6-4-5-9-16-15/h4-11H,3H2,1-2H3,(H,16,18)/b17-11+. The van der Waals surface area contributed by atoms with Crippen LogP contribution in [0.1, 0.15) is 12.5 Å². The summed E-state index contributed by atoms with van der Waals surface area (Å²) in [5.41, 5.74) is 3.77. The summed E-state index contributed by atoms with van der Waals surface area (Å²) >= 11 is 0. The van der Waals surface area contributed by atoms with Crippen LogP contribution >= 0.6 is 0 Å². The van der Waals surface area contributed by atoms with E-state index < -0.39 is 0 Å². The molecule has 5 heteroatoms. The van der Waals surface area contributed by atoms with Crippen LogP contribution in [-0.2, 0) is 0 Å². The topological polar surface area (TPSA) is 55.7 Å². The molecule has 0 spiro atoms. The number of hydrogen-bond acceptors (Lipinski definition) is 5. The maximum absolute atomic E-state index is 5.51. The van der Waals surface area contributed by atoms with Gasteiger partial charge in [-0.2, -0.15) is 5.10 Å². The maximum atomic E-state index is 5.51. The molecule has 2 rings (SSSR count). The number of hydrogen-bond donors (Lipinski definition) is 1. The third-order valence-corrected chi connectivity index (χ3v) is 2.55. The fourth-order valence-corrected chi connectivity index (χ4v) is 1.64. The first-order valence-electron chi connectivity index (χ1n) is 6.34. The number of benzene rings is 1. The van der Waals surface area contributed by atoms with Crippen molar-refractivity contribution in [2.24, 2.45) is 5.10 Å². The van der Waals surface area contributed by atoms with Gasteiger partial charge in [0.25, 0.3) is 0 Å². The number of rotatable bonds is 6. The Kier molecular flexibility index (Phi) is 4.94. The second kappa shape index (κ2) is 7.13. The summed E-state index contributed by atoms with van der Waals surface area (Å²) in [5.74, 6) is 2.11. The number of nitrogens with one attached hydrogen (secondary N) is 1. The Morgan fingerprint density at radius 3 is 2.85 bits per heavy atom. The molecule has 104 valence electrons. The largest absolute Gasteiger partial charge is 0.493 e. The van der Waals surface area contributed by atoms with Gasteiger partial charge in [0.2, 0.25) is 0 Å². The zero-order chi connectivity index (χ0) is 14.2. The molecule has 1 heterocycles. The van der Waals surface area contributed by atoms with Crippen LogP contribution in [0.15, 0.2) is 47.7 Å². The molecule has 0 fully saturated rings. The van der Waals surface area contributed by atoms with E-state index in [0.717, 1.165) is 5.56 Å². The van der Waals surface area contributed by atoms with E-state index in [9.17, 15) is 0 Å². The van der Waals surface area contributed by atoms with Crippen LogP contribution in [0.5, 0.6) is 11.5 Å². The van der Waals surface area contributed by atoms with Crippen molar-refractivity contribution < 1.29 is 9.47 Å². The Labute approximate surface area is 118 Å². The van der Waals surface area contributed by atoms with Crippen LogP contribution in [0, 0.1) is 0 Å². The van der Waals surface area contributed by atoms with Crippen molar-refractivity contribution in [3.63, 3.8) is 0 Å². The molecule has 20 heavy (non-hydrogen) atoms. The Hall–Kier alpha value is -2.56. The molecule has 0 radical (unpaired) electrons. The molecule has 0 amide bonds. The first-order chi connectivity index (χ1) is 9.83. The number of nitrogens with zero attached hydrogens (tertiary/aromatic N) is 2. The second-order valence-corrected chi connectivity index (χ2v) is 3.93. The van der Waals surface area contributed by atoms with Crippen molar-refractivity contribution in [1.29, 1.82) is 0 Å². The molecule has 1 aromatic carbocycles. The van der Waals surface area contributed by atoms with Crippen LogP contribution in [0.4, 0.5) is 5.82 Å². The van der Waals surface area contributed by atoms with E-state index in [0.29, 0.717) is 23.9 Å². The van der Waals surface area contributed by atoms with Gasteiger partial charge < -0.3 is 9.47 Å². The van der Waals surface area contributed by atoms with Crippen molar-refractivity contribution in [3.8, 4) is 11.5 Å². The first-order valence-corrected chi connectivity index (χ1v) is 6.34. The minimum atomic E-state index is 0.586. The lowest BCUT2D eigenvalue weighted by molar-refractivity contribution is 0.311. The van der Waals surface area contributed by atoms with Gasteiger partial charge in [-0.3, -0.25) is 5.43 Å². The summed E-state index contributed by atoms with van der Waals surface area (Å²) in [5, 5.41) is 4.13. The van der Waals surface area contributed by atoms with E-state index in [1.54, 1.807) is 19.5 Å². The highest BCUT2D eigenvalue weighted by Crippen LogP contribution is 2.27. The molecule has 0 aliphatic heterocycles. The molecule has 0 atom stereocenters. The van der Waals surface area contributed by atoms with Gasteiger partial charge in [-0.1, -0.05) is 6.07 Å². The monoisotopic (exact) mass is 271 g/mol. The SMILES string of the molecule is CCOc1cc(/C=N/Nc2ccccn2)ccc1OC. The molecule has 0 saturated carbocycles. The third kappa shape index (κ3) is 3.71. The smallest absolute Gasteiger partial charge is 0.161 e. The van der Waals surface area contributed by atoms with E-state index in [2.05, 4.69) is 15.5 Å². The first kappa shape index (κ1) is 13.9. The summed E-state index contributed by atoms with van der Waals surface area (Å²) in [6, 6.07) is 11.2. The lowest BCUT2D eigenvalue weighted by Gasteiger charge is -2.09. The molecule has 5 nitrogen and oxygen atoms in total. The van der Waals surface area contributed by atoms with Crippen molar-refractivity contribution in [2.75, 3.05) is 19.1 Å². The predicted molar refractivity (Wildman–Crippen MR) is 79.6 cm³/mol. The summed E-state index contributed by atoms with van der Waals surface area (Å²) < 4.78 is 10.7. The predicted octanol–water partition coefficient (Wildman–Crippen LogP) is 2.93. The summed E-state index contributed by atoms with van der Waals surface area (Å²) in [6.45, 7) is 2.52. The van der Waals surface area contributed by atoms with Crippen LogP contribution in [0.3, 0.4) is 0 Å². The number of hydrazone groups is 1. The van der Waals surface area contributed by atoms with Gasteiger partial charge in [0.05, 0.1) is 19.9 Å². The average Bonchev–Trinajstić information content (AvgIpc) is 2.49. The van der Waals surface area contributed by atoms with Gasteiger partial charge in [0.1, 0.15) is 5.82 Å². The van der Waals surface area contributed by atoms with Gasteiger partial charge in [-0.15, -0.1) is 0 Å². The van der Waals surface area contributed by atoms with E-state index in [1.807, 2.05) is 43.3 Å². The molecule has 0 saturated heterocycles. The van der Waals surface area contributed by atoms with Gasteiger partial charge >= 0.3 is 0 Å². The fourth-order valence-electron chi connectivity index (χ4n) is 1.64. The molecule has 0 unspecified atom stereocenters. The molecule has 0 bridgehead atoms. The summed E-state index contributed by atoms with van der Waals surface area (Å²) in [6.07, 6.45) is 3.41. The number of methoxy groups -OCH3 is 1. The zero-order valence-corrected chi connectivity index (χ0v) is 11.5. The maximum Gasteiger partial charge on any atom is 0.161 e. The average molecular weight is 271 g/mol. The minimum Gasteiger partial charge on any atom is -0.493 e. The fraction of sp³-hybridized carbons (Fsp3) is 0.200. The number of pyridine rings is 1. The van der Waals surface area contributed by atoms with Gasteiger partial charge in [-0.25, -0.2) is 4.98 Å². The van der Waals surface area contributed by atoms with Crippen molar-refractivity contribution >= 4 is 12.0 Å². The van der Waals surface area contributed by atoms with Crippen LogP contribution in [0.25, 0.3) is 0 Å². The van der Waals surface area contributed by atoms with Crippen LogP contribution in [0.2, 0.25) is 0 Å². The lowest BCUT2D eigenvalue weighted by atomic mass is 10.2. The zero-order valence-electron chi connectivity index (χ0n) is 11.5. The highest BCUT2D eigenvalue weighted by Gasteiger charge is 2.03. The summed E-state index contributed by atoms with van der Waals surface area (Å²) in [4.78, 5) is 4.11. The molecular formula is C15H17N3O2. The molecule has 0 aliphatic rings. The summed E-state index contributed by atoms with van der Waals surface area (Å²) in [7, 11) is 1.62. The number of ether oxygens (including phenoxy) is 2. The number of anilines is 1. The normalized spacial score (nSPS) is 10.5. The minimum absolute atomic E-state index is 0.586. The van der Waals surface area contributed by atoms with Crippen molar-refractivity contribution in [3.05, 3.63) is 48.2 Å². The lowest BCUT2D eigenvalue weighted by Crippen LogP contribution is -1.97.